The van der Waals surface area contributed by atoms with Crippen LogP contribution in [-0.4, -0.2) is 23.3 Å². The highest BCUT2D eigenvalue weighted by atomic mass is 35.5. The van der Waals surface area contributed by atoms with Gasteiger partial charge in [-0.2, -0.15) is 0 Å². The Bertz CT molecular complexity index is 1500. The molecule has 0 amide bonds. The molecule has 4 rings (SSSR count). The van der Waals surface area contributed by atoms with E-state index in [1.165, 1.54) is 43.8 Å². The highest BCUT2D eigenvalue weighted by Gasteiger charge is 2.22. The van der Waals surface area contributed by atoms with Crippen molar-refractivity contribution < 1.29 is 22.1 Å². The molecule has 0 fully saturated rings. The van der Waals surface area contributed by atoms with E-state index in [-0.39, 0.29) is 27.1 Å². The zero-order valence-electron chi connectivity index (χ0n) is 19.3. The standard InChI is InChI=1S/C25H21ClF4N3OP/c1-12(14-5-16(27)8-17(28)6-14)33-24-19-9-18(20(29)10-22(19)32-13(2)23(24)26)15-7-21(30)25(31-11-15)35(3,4)34/h5-12H,1-4H3,(H,32,33)/t12-/m1/s1. The first-order valence-electron chi connectivity index (χ1n) is 10.6. The maximum absolute atomic E-state index is 15.1. The van der Waals surface area contributed by atoms with Gasteiger partial charge >= 0.3 is 0 Å². The van der Waals surface area contributed by atoms with Crippen molar-refractivity contribution in [3.05, 3.63) is 82.1 Å². The van der Waals surface area contributed by atoms with E-state index in [0.717, 1.165) is 12.1 Å². The minimum atomic E-state index is -2.96. The lowest BCUT2D eigenvalue weighted by Gasteiger charge is -2.20. The molecule has 0 spiro atoms. The van der Waals surface area contributed by atoms with Crippen molar-refractivity contribution in [1.29, 1.82) is 0 Å². The van der Waals surface area contributed by atoms with Gasteiger partial charge in [0.05, 0.1) is 21.9 Å². The van der Waals surface area contributed by atoms with Gasteiger partial charge in [0.1, 0.15) is 30.0 Å². The molecule has 0 radical (unpaired) electrons. The molecule has 0 saturated heterocycles. The Balaban J connectivity index is 1.86. The molecular weight excluding hydrogens is 501 g/mol. The second-order valence-electron chi connectivity index (χ2n) is 8.68. The second kappa shape index (κ2) is 9.25. The Kier molecular flexibility index (Phi) is 6.64. The number of aromatic nitrogens is 2. The number of hydrogen-bond acceptors (Lipinski definition) is 4. The van der Waals surface area contributed by atoms with Gasteiger partial charge in [-0.15, -0.1) is 0 Å². The highest BCUT2D eigenvalue weighted by molar-refractivity contribution is 7.69. The monoisotopic (exact) mass is 521 g/mol. The first-order valence-corrected chi connectivity index (χ1v) is 13.6. The Morgan fingerprint density at radius 1 is 0.971 bits per heavy atom. The van der Waals surface area contributed by atoms with E-state index in [9.17, 15) is 17.7 Å². The average Bonchev–Trinajstić information content (AvgIpc) is 2.75. The smallest absolute Gasteiger partial charge is 0.153 e. The van der Waals surface area contributed by atoms with Crippen molar-refractivity contribution in [2.24, 2.45) is 0 Å². The highest BCUT2D eigenvalue weighted by Crippen LogP contribution is 2.39. The van der Waals surface area contributed by atoms with Crippen LogP contribution in [0, 0.1) is 30.2 Å². The fourth-order valence-electron chi connectivity index (χ4n) is 3.85. The summed E-state index contributed by atoms with van der Waals surface area (Å²) < 4.78 is 69.4. The van der Waals surface area contributed by atoms with Gasteiger partial charge in [-0.25, -0.2) is 22.5 Å². The number of nitrogens with one attached hydrogen (secondary N) is 1. The van der Waals surface area contributed by atoms with Crippen LogP contribution in [0.4, 0.5) is 23.2 Å². The zero-order valence-corrected chi connectivity index (χ0v) is 20.9. The van der Waals surface area contributed by atoms with Crippen molar-refractivity contribution in [3.63, 3.8) is 0 Å². The number of anilines is 1. The molecule has 35 heavy (non-hydrogen) atoms. The molecule has 0 aliphatic rings. The van der Waals surface area contributed by atoms with Crippen LogP contribution in [0.15, 0.2) is 42.6 Å². The van der Waals surface area contributed by atoms with Gasteiger partial charge in [0.25, 0.3) is 0 Å². The van der Waals surface area contributed by atoms with Crippen molar-refractivity contribution in [2.45, 2.75) is 19.9 Å². The van der Waals surface area contributed by atoms with Gasteiger partial charge in [-0.1, -0.05) is 11.6 Å². The van der Waals surface area contributed by atoms with Crippen LogP contribution in [0.3, 0.4) is 0 Å². The van der Waals surface area contributed by atoms with Crippen LogP contribution in [0.25, 0.3) is 22.0 Å². The summed E-state index contributed by atoms with van der Waals surface area (Å²) >= 11 is 6.53. The van der Waals surface area contributed by atoms with Crippen molar-refractivity contribution >= 4 is 40.8 Å². The summed E-state index contributed by atoms with van der Waals surface area (Å²) in [6.45, 7) is 6.14. The predicted molar refractivity (Wildman–Crippen MR) is 132 cm³/mol. The lowest BCUT2D eigenvalue weighted by molar-refractivity contribution is 0.577. The molecule has 182 valence electrons. The molecule has 2 aromatic carbocycles. The summed E-state index contributed by atoms with van der Waals surface area (Å²) in [4.78, 5) is 8.32. The number of rotatable bonds is 5. The molecule has 0 saturated carbocycles. The average molecular weight is 522 g/mol. The molecule has 2 aromatic heterocycles. The van der Waals surface area contributed by atoms with E-state index in [0.29, 0.717) is 22.3 Å². The number of pyridine rings is 2. The third kappa shape index (κ3) is 5.04. The predicted octanol–water partition coefficient (Wildman–Crippen LogP) is 7.24. The first-order chi connectivity index (χ1) is 16.3. The van der Waals surface area contributed by atoms with E-state index < -0.39 is 36.5 Å². The molecule has 0 aliphatic carbocycles. The number of hydrogen-bond donors (Lipinski definition) is 1. The Hall–Kier alpha value is -2.96. The van der Waals surface area contributed by atoms with Crippen molar-refractivity contribution in [2.75, 3.05) is 18.6 Å². The summed E-state index contributed by atoms with van der Waals surface area (Å²) in [5, 5.41) is 3.81. The maximum Gasteiger partial charge on any atom is 0.153 e. The Morgan fingerprint density at radius 2 is 1.63 bits per heavy atom. The van der Waals surface area contributed by atoms with Crippen LogP contribution in [0.1, 0.15) is 24.2 Å². The zero-order chi connectivity index (χ0) is 25.7. The van der Waals surface area contributed by atoms with Crippen LogP contribution in [0.5, 0.6) is 0 Å². The van der Waals surface area contributed by atoms with Gasteiger partial charge in [0.2, 0.25) is 0 Å². The fraction of sp³-hybridized carbons (Fsp3) is 0.200. The molecule has 1 N–H and O–H groups in total. The fourth-order valence-corrected chi connectivity index (χ4v) is 4.96. The maximum atomic E-state index is 15.1. The lowest BCUT2D eigenvalue weighted by atomic mass is 10.0. The SMILES string of the molecule is Cc1nc2cc(F)c(-c3cnc(P(C)(C)=O)c(F)c3)cc2c(N[C@H](C)c2cc(F)cc(F)c2)c1Cl. The third-order valence-corrected chi connectivity index (χ3v) is 7.38. The molecular formula is C25H21ClF4N3OP. The number of aryl methyl sites for hydroxylation is 1. The molecule has 0 aliphatic heterocycles. The Labute approximate surface area is 204 Å². The van der Waals surface area contributed by atoms with Crippen LogP contribution < -0.4 is 10.8 Å². The molecule has 4 nitrogen and oxygen atoms in total. The van der Waals surface area contributed by atoms with Crippen LogP contribution in [-0.2, 0) is 4.57 Å². The van der Waals surface area contributed by atoms with E-state index in [1.54, 1.807) is 13.8 Å². The number of halogens is 5. The molecule has 4 aromatic rings. The van der Waals surface area contributed by atoms with Crippen LogP contribution >= 0.6 is 18.7 Å². The molecule has 0 unspecified atom stereocenters. The van der Waals surface area contributed by atoms with Gasteiger partial charge < -0.3 is 9.88 Å². The summed E-state index contributed by atoms with van der Waals surface area (Å²) in [6, 6.07) is 6.34. The largest absolute Gasteiger partial charge is 0.377 e. The minimum absolute atomic E-state index is 0.0340. The summed E-state index contributed by atoms with van der Waals surface area (Å²) in [5.41, 5.74) is 1.43. The van der Waals surface area contributed by atoms with Crippen LogP contribution in [0.2, 0.25) is 5.02 Å². The summed E-state index contributed by atoms with van der Waals surface area (Å²) in [5.74, 6) is -2.90. The van der Waals surface area contributed by atoms with Gasteiger partial charge in [-0.3, -0.25) is 4.98 Å². The van der Waals surface area contributed by atoms with Crippen molar-refractivity contribution in [1.82, 2.24) is 9.97 Å². The minimum Gasteiger partial charge on any atom is -0.377 e. The van der Waals surface area contributed by atoms with E-state index >= 15 is 4.39 Å². The van der Waals surface area contributed by atoms with E-state index in [2.05, 4.69) is 15.3 Å². The number of benzene rings is 2. The Morgan fingerprint density at radius 3 is 2.23 bits per heavy atom. The van der Waals surface area contributed by atoms with Gasteiger partial charge in [0, 0.05) is 40.9 Å². The molecule has 0 bridgehead atoms. The molecule has 2 heterocycles. The van der Waals surface area contributed by atoms with Gasteiger partial charge in [-0.05, 0) is 57.0 Å². The van der Waals surface area contributed by atoms with Crippen molar-refractivity contribution in [3.8, 4) is 11.1 Å². The third-order valence-electron chi connectivity index (χ3n) is 5.57. The number of nitrogens with zero attached hydrogens (tertiary/aromatic N) is 2. The summed E-state index contributed by atoms with van der Waals surface area (Å²) in [6.07, 6.45) is 1.26. The van der Waals surface area contributed by atoms with E-state index in [4.69, 9.17) is 11.6 Å². The summed E-state index contributed by atoms with van der Waals surface area (Å²) in [7, 11) is -2.96. The van der Waals surface area contributed by atoms with E-state index in [1.807, 2.05) is 0 Å². The molecule has 1 atom stereocenters. The topological polar surface area (TPSA) is 54.9 Å². The first kappa shape index (κ1) is 25.1. The second-order valence-corrected chi connectivity index (χ2v) is 12.2. The van der Waals surface area contributed by atoms with Gasteiger partial charge in [0.15, 0.2) is 5.82 Å². The normalized spacial score (nSPS) is 12.7. The number of fused-ring (bicyclic) bond motifs is 1. The molecule has 10 heteroatoms. The quantitative estimate of drug-likeness (QED) is 0.222. The lowest BCUT2D eigenvalue weighted by Crippen LogP contribution is -2.13.